The number of aromatic amines is 1. The molecule has 0 saturated carbocycles. The molecule has 0 spiro atoms. The summed E-state index contributed by atoms with van der Waals surface area (Å²) in [4.78, 5) is 31.5. The lowest BCUT2D eigenvalue weighted by atomic mass is 10.0. The van der Waals surface area contributed by atoms with E-state index in [2.05, 4.69) is 21.8 Å². The molecule has 1 N–H and O–H groups in total. The number of nitrogens with zero attached hydrogens (tertiary/aromatic N) is 4. The fourth-order valence-electron chi connectivity index (χ4n) is 4.00. The van der Waals surface area contributed by atoms with Crippen LogP contribution in [-0.2, 0) is 12.8 Å². The van der Waals surface area contributed by atoms with E-state index < -0.39 is 0 Å². The fourth-order valence-corrected chi connectivity index (χ4v) is 4.00. The van der Waals surface area contributed by atoms with Crippen LogP contribution in [0.4, 0.5) is 5.95 Å². The van der Waals surface area contributed by atoms with Crippen LogP contribution >= 0.6 is 0 Å². The number of fused-ring (bicyclic) bond motifs is 2. The van der Waals surface area contributed by atoms with Crippen LogP contribution in [0.2, 0.25) is 0 Å². The van der Waals surface area contributed by atoms with Gasteiger partial charge in [0.25, 0.3) is 5.56 Å². The van der Waals surface area contributed by atoms with Gasteiger partial charge in [-0.1, -0.05) is 6.07 Å². The third kappa shape index (κ3) is 2.32. The molecule has 0 radical (unpaired) electrons. The molecule has 1 fully saturated rings. The average molecular weight is 347 g/mol. The van der Waals surface area contributed by atoms with Gasteiger partial charge < -0.3 is 9.88 Å². The van der Waals surface area contributed by atoms with E-state index in [-0.39, 0.29) is 5.56 Å². The number of benzene rings is 1. The Labute approximate surface area is 151 Å². The van der Waals surface area contributed by atoms with Gasteiger partial charge in [-0.3, -0.25) is 4.79 Å². The van der Waals surface area contributed by atoms with Crippen LogP contribution in [-0.4, -0.2) is 32.5 Å². The number of aromatic nitrogens is 4. The molecule has 0 bridgehead atoms. The van der Waals surface area contributed by atoms with Gasteiger partial charge in [-0.15, -0.1) is 0 Å². The second-order valence-electron chi connectivity index (χ2n) is 7.37. The molecule has 1 aliphatic carbocycles. The van der Waals surface area contributed by atoms with Gasteiger partial charge in [0.05, 0.1) is 16.6 Å². The normalized spacial score (nSPS) is 18.8. The quantitative estimate of drug-likeness (QED) is 0.771. The molecule has 6 nitrogen and oxygen atoms in total. The fraction of sp³-hybridized carbons (Fsp3) is 0.400. The standard InChI is InChI=1S/C20H21N5O/c1-11-8-9-25(11)20-23-16-5-3-4-14(16)18(24-20)13-6-7-15-17(10-13)21-12(2)22-19(15)26/h6-7,10-11H,3-5,8-9H2,1-2H3,(H,21,22,26)/t11-/m0/s1. The largest absolute Gasteiger partial charge is 0.338 e. The van der Waals surface area contributed by atoms with Crippen molar-refractivity contribution in [3.8, 4) is 11.3 Å². The lowest BCUT2D eigenvalue weighted by Crippen LogP contribution is -2.46. The molecule has 132 valence electrons. The van der Waals surface area contributed by atoms with Crippen molar-refractivity contribution in [3.63, 3.8) is 0 Å². The first kappa shape index (κ1) is 15.5. The van der Waals surface area contributed by atoms with Crippen LogP contribution in [0.15, 0.2) is 23.0 Å². The second-order valence-corrected chi connectivity index (χ2v) is 7.37. The number of H-pyrrole nitrogens is 1. The molecule has 0 amide bonds. The molecule has 0 unspecified atom stereocenters. The third-order valence-corrected chi connectivity index (χ3v) is 5.60. The molecule has 26 heavy (non-hydrogen) atoms. The van der Waals surface area contributed by atoms with Crippen molar-refractivity contribution >= 4 is 16.9 Å². The molecule has 6 heteroatoms. The predicted molar refractivity (Wildman–Crippen MR) is 102 cm³/mol. The zero-order valence-electron chi connectivity index (χ0n) is 15.0. The molecule has 1 saturated heterocycles. The smallest absolute Gasteiger partial charge is 0.258 e. The van der Waals surface area contributed by atoms with E-state index in [9.17, 15) is 4.79 Å². The van der Waals surface area contributed by atoms with Crippen LogP contribution in [0.3, 0.4) is 0 Å². The maximum atomic E-state index is 12.1. The molecule has 1 aliphatic heterocycles. The number of anilines is 1. The van der Waals surface area contributed by atoms with Gasteiger partial charge in [0.2, 0.25) is 5.95 Å². The van der Waals surface area contributed by atoms with E-state index in [4.69, 9.17) is 9.97 Å². The summed E-state index contributed by atoms with van der Waals surface area (Å²) in [6, 6.07) is 6.33. The summed E-state index contributed by atoms with van der Waals surface area (Å²) in [7, 11) is 0. The summed E-state index contributed by atoms with van der Waals surface area (Å²) in [6.07, 6.45) is 4.35. The summed E-state index contributed by atoms with van der Waals surface area (Å²) < 4.78 is 0. The van der Waals surface area contributed by atoms with Crippen molar-refractivity contribution in [1.82, 2.24) is 19.9 Å². The van der Waals surface area contributed by atoms with Gasteiger partial charge in [-0.25, -0.2) is 15.0 Å². The van der Waals surface area contributed by atoms with Gasteiger partial charge in [0.1, 0.15) is 5.82 Å². The first-order chi connectivity index (χ1) is 12.6. The van der Waals surface area contributed by atoms with Crippen molar-refractivity contribution in [2.75, 3.05) is 11.4 Å². The maximum Gasteiger partial charge on any atom is 0.258 e. The lowest BCUT2D eigenvalue weighted by molar-refractivity contribution is 0.470. The van der Waals surface area contributed by atoms with Crippen molar-refractivity contribution < 1.29 is 0 Å². The Morgan fingerprint density at radius 1 is 1.19 bits per heavy atom. The Bertz CT molecular complexity index is 1090. The van der Waals surface area contributed by atoms with E-state index in [0.717, 1.165) is 43.0 Å². The van der Waals surface area contributed by atoms with Gasteiger partial charge in [0.15, 0.2) is 0 Å². The van der Waals surface area contributed by atoms with Gasteiger partial charge >= 0.3 is 0 Å². The van der Waals surface area contributed by atoms with Gasteiger partial charge in [-0.2, -0.15) is 0 Å². The highest BCUT2D eigenvalue weighted by molar-refractivity contribution is 5.83. The molecule has 1 aromatic carbocycles. The van der Waals surface area contributed by atoms with Crippen LogP contribution < -0.4 is 10.5 Å². The van der Waals surface area contributed by atoms with Crippen LogP contribution in [0, 0.1) is 6.92 Å². The zero-order valence-corrected chi connectivity index (χ0v) is 15.0. The average Bonchev–Trinajstić information content (AvgIpc) is 3.07. The Hall–Kier alpha value is -2.76. The van der Waals surface area contributed by atoms with Crippen LogP contribution in [0.5, 0.6) is 0 Å². The first-order valence-electron chi connectivity index (χ1n) is 9.27. The molecule has 2 aliphatic rings. The van der Waals surface area contributed by atoms with E-state index in [1.165, 1.54) is 17.7 Å². The number of aryl methyl sites for hydroxylation is 2. The minimum atomic E-state index is -0.0953. The Balaban J connectivity index is 1.70. The Morgan fingerprint density at radius 3 is 2.85 bits per heavy atom. The van der Waals surface area contributed by atoms with Crippen molar-refractivity contribution in [3.05, 3.63) is 45.6 Å². The summed E-state index contributed by atoms with van der Waals surface area (Å²) in [5.74, 6) is 1.47. The number of hydrogen-bond acceptors (Lipinski definition) is 5. The van der Waals surface area contributed by atoms with Gasteiger partial charge in [-0.05, 0) is 51.7 Å². The van der Waals surface area contributed by atoms with Crippen LogP contribution in [0.1, 0.15) is 36.8 Å². The molecule has 5 rings (SSSR count). The summed E-state index contributed by atoms with van der Waals surface area (Å²) in [5, 5.41) is 0.613. The summed E-state index contributed by atoms with van der Waals surface area (Å²) >= 11 is 0. The highest BCUT2D eigenvalue weighted by Gasteiger charge is 2.29. The molecular formula is C20H21N5O. The predicted octanol–water partition coefficient (Wildman–Crippen LogP) is 2.78. The highest BCUT2D eigenvalue weighted by Crippen LogP contribution is 2.34. The Morgan fingerprint density at radius 2 is 2.08 bits per heavy atom. The maximum absolute atomic E-state index is 12.1. The van der Waals surface area contributed by atoms with Crippen molar-refractivity contribution in [1.29, 1.82) is 0 Å². The molecule has 1 atom stereocenters. The number of hydrogen-bond donors (Lipinski definition) is 1. The molecule has 3 aromatic rings. The van der Waals surface area contributed by atoms with Gasteiger partial charge in [0, 0.05) is 29.4 Å². The van der Waals surface area contributed by atoms with E-state index in [1.807, 2.05) is 18.2 Å². The monoisotopic (exact) mass is 347 g/mol. The summed E-state index contributed by atoms with van der Waals surface area (Å²) in [5.41, 5.74) is 5.07. The van der Waals surface area contributed by atoms with E-state index in [0.29, 0.717) is 22.8 Å². The molecule has 2 aromatic heterocycles. The topological polar surface area (TPSA) is 74.8 Å². The van der Waals surface area contributed by atoms with Crippen molar-refractivity contribution in [2.45, 2.75) is 45.6 Å². The lowest BCUT2D eigenvalue weighted by Gasteiger charge is -2.39. The van der Waals surface area contributed by atoms with Crippen LogP contribution in [0.25, 0.3) is 22.2 Å². The number of rotatable bonds is 2. The van der Waals surface area contributed by atoms with E-state index >= 15 is 0 Å². The molecule has 3 heterocycles. The first-order valence-corrected chi connectivity index (χ1v) is 9.27. The zero-order chi connectivity index (χ0) is 17.8. The number of nitrogens with one attached hydrogen (secondary N) is 1. The molecular weight excluding hydrogens is 326 g/mol. The SMILES string of the molecule is Cc1nc2cc(-c3nc(N4CC[C@@H]4C)nc4c3CCC4)ccc2c(=O)[nH]1. The minimum absolute atomic E-state index is 0.0953. The van der Waals surface area contributed by atoms with Crippen molar-refractivity contribution in [2.24, 2.45) is 0 Å². The second kappa shape index (κ2) is 5.62. The third-order valence-electron chi connectivity index (χ3n) is 5.60. The highest BCUT2D eigenvalue weighted by atomic mass is 16.1. The van der Waals surface area contributed by atoms with E-state index in [1.54, 1.807) is 6.92 Å². The summed E-state index contributed by atoms with van der Waals surface area (Å²) in [6.45, 7) is 5.04. The minimum Gasteiger partial charge on any atom is -0.338 e. The Kier molecular flexibility index (Phi) is 3.35.